The lowest BCUT2D eigenvalue weighted by atomic mass is 10.1. The van der Waals surface area contributed by atoms with Gasteiger partial charge < -0.3 is 15.6 Å². The van der Waals surface area contributed by atoms with Gasteiger partial charge in [0.2, 0.25) is 5.95 Å². The molecule has 3 N–H and O–H groups in total. The molecule has 2 rings (SSSR count). The van der Waals surface area contributed by atoms with E-state index in [1.807, 2.05) is 6.07 Å². The van der Waals surface area contributed by atoms with E-state index in [1.54, 1.807) is 23.0 Å². The molecule has 0 spiro atoms. The van der Waals surface area contributed by atoms with Crippen LogP contribution in [-0.2, 0) is 6.54 Å². The van der Waals surface area contributed by atoms with Crippen LogP contribution in [0, 0.1) is 0 Å². The quantitative estimate of drug-likeness (QED) is 0.819. The van der Waals surface area contributed by atoms with Gasteiger partial charge in [0.05, 0.1) is 6.54 Å². The fraction of sp³-hybridized carbons (Fsp3) is 0.438. The minimum absolute atomic E-state index is 0.0516. The molecule has 0 aliphatic heterocycles. The lowest BCUT2D eigenvalue weighted by Gasteiger charge is -2.17. The second-order valence-electron chi connectivity index (χ2n) is 5.46. The lowest BCUT2D eigenvalue weighted by molar-refractivity contribution is 0.640. The summed E-state index contributed by atoms with van der Waals surface area (Å²) >= 11 is 0. The van der Waals surface area contributed by atoms with Gasteiger partial charge in [0.25, 0.3) is 5.56 Å². The number of rotatable bonds is 7. The van der Waals surface area contributed by atoms with Crippen molar-refractivity contribution in [3.05, 3.63) is 46.5 Å². The van der Waals surface area contributed by atoms with Crippen molar-refractivity contribution in [2.45, 2.75) is 45.7 Å². The predicted molar refractivity (Wildman–Crippen MR) is 88.9 cm³/mol. The molecule has 2 aromatic heterocycles. The molecule has 0 saturated carbocycles. The monoisotopic (exact) mass is 301 g/mol. The summed E-state index contributed by atoms with van der Waals surface area (Å²) in [5.74, 6) is 0.932. The number of hydrogen-bond acceptors (Lipinski definition) is 5. The van der Waals surface area contributed by atoms with Gasteiger partial charge >= 0.3 is 0 Å². The Morgan fingerprint density at radius 3 is 2.95 bits per heavy atom. The van der Waals surface area contributed by atoms with Crippen LogP contribution in [0.1, 0.15) is 38.7 Å². The Labute approximate surface area is 130 Å². The molecule has 2 aromatic rings. The van der Waals surface area contributed by atoms with Gasteiger partial charge in [-0.2, -0.15) is 4.98 Å². The molecule has 6 nitrogen and oxygen atoms in total. The highest BCUT2D eigenvalue weighted by Crippen LogP contribution is 2.16. The summed E-state index contributed by atoms with van der Waals surface area (Å²) in [4.78, 5) is 20.2. The largest absolute Gasteiger partial charge is 0.368 e. The number of nitrogens with one attached hydrogen (secondary N) is 1. The minimum atomic E-state index is -0.0516. The maximum Gasteiger partial charge on any atom is 0.250 e. The van der Waals surface area contributed by atoms with E-state index in [1.165, 1.54) is 6.07 Å². The van der Waals surface area contributed by atoms with E-state index < -0.39 is 0 Å². The van der Waals surface area contributed by atoms with Crippen molar-refractivity contribution in [2.24, 2.45) is 0 Å². The highest BCUT2D eigenvalue weighted by atomic mass is 16.1. The van der Waals surface area contributed by atoms with Crippen molar-refractivity contribution in [3.8, 4) is 0 Å². The molecule has 0 aliphatic rings. The molecular weight excluding hydrogens is 278 g/mol. The van der Waals surface area contributed by atoms with E-state index >= 15 is 0 Å². The van der Waals surface area contributed by atoms with Crippen LogP contribution >= 0.6 is 0 Å². The van der Waals surface area contributed by atoms with Crippen LogP contribution in [0.25, 0.3) is 0 Å². The maximum absolute atomic E-state index is 11.8. The van der Waals surface area contributed by atoms with Gasteiger partial charge in [0.15, 0.2) is 0 Å². The molecule has 2 heterocycles. The van der Waals surface area contributed by atoms with E-state index in [9.17, 15) is 4.79 Å². The Morgan fingerprint density at radius 2 is 2.23 bits per heavy atom. The average molecular weight is 301 g/mol. The predicted octanol–water partition coefficient (Wildman–Crippen LogP) is 2.26. The number of nitrogens with two attached hydrogens (primary N) is 1. The zero-order chi connectivity index (χ0) is 15.9. The van der Waals surface area contributed by atoms with Crippen LogP contribution in [0.15, 0.2) is 35.4 Å². The molecule has 0 bridgehead atoms. The van der Waals surface area contributed by atoms with Gasteiger partial charge in [-0.15, -0.1) is 0 Å². The van der Waals surface area contributed by atoms with E-state index in [0.29, 0.717) is 18.4 Å². The summed E-state index contributed by atoms with van der Waals surface area (Å²) in [6.45, 7) is 4.71. The fourth-order valence-electron chi connectivity index (χ4n) is 2.25. The van der Waals surface area contributed by atoms with Gasteiger partial charge in [-0.3, -0.25) is 4.79 Å². The van der Waals surface area contributed by atoms with Gasteiger partial charge in [0.1, 0.15) is 5.82 Å². The minimum Gasteiger partial charge on any atom is -0.368 e. The van der Waals surface area contributed by atoms with Crippen molar-refractivity contribution >= 4 is 11.8 Å². The summed E-state index contributed by atoms with van der Waals surface area (Å²) in [5.41, 5.74) is 6.50. The lowest BCUT2D eigenvalue weighted by Crippen LogP contribution is -2.22. The Kier molecular flexibility index (Phi) is 5.52. The molecule has 1 unspecified atom stereocenters. The normalized spacial score (nSPS) is 12.1. The van der Waals surface area contributed by atoms with Crippen LogP contribution in [0.4, 0.5) is 11.8 Å². The van der Waals surface area contributed by atoms with Crippen molar-refractivity contribution in [1.29, 1.82) is 0 Å². The second-order valence-corrected chi connectivity index (χ2v) is 5.46. The first-order valence-electron chi connectivity index (χ1n) is 7.63. The average Bonchev–Trinajstić information content (AvgIpc) is 2.50. The number of hydrogen-bond donors (Lipinski definition) is 2. The van der Waals surface area contributed by atoms with Crippen molar-refractivity contribution in [3.63, 3.8) is 0 Å². The Morgan fingerprint density at radius 1 is 1.41 bits per heavy atom. The first-order valence-corrected chi connectivity index (χ1v) is 7.63. The maximum atomic E-state index is 11.8. The van der Waals surface area contributed by atoms with Gasteiger partial charge in [-0.1, -0.05) is 25.8 Å². The number of anilines is 2. The standard InChI is InChI=1S/C16H23N5O/c1-3-4-7-12(2)19-15-13(10-18-16(17)20-15)11-21-9-6-5-8-14(21)22/h5-6,8-10,12H,3-4,7,11H2,1-2H3,(H3,17,18,19,20). The summed E-state index contributed by atoms with van der Waals surface area (Å²) in [6.07, 6.45) is 6.80. The van der Waals surface area contributed by atoms with Crippen LogP contribution in [0.3, 0.4) is 0 Å². The van der Waals surface area contributed by atoms with Gasteiger partial charge in [-0.25, -0.2) is 4.98 Å². The number of nitrogen functional groups attached to an aromatic ring is 1. The van der Waals surface area contributed by atoms with Crippen LogP contribution < -0.4 is 16.6 Å². The highest BCUT2D eigenvalue weighted by molar-refractivity contribution is 5.46. The van der Waals surface area contributed by atoms with Crippen LogP contribution in [-0.4, -0.2) is 20.6 Å². The molecule has 0 amide bonds. The summed E-state index contributed by atoms with van der Waals surface area (Å²) in [6, 6.07) is 5.39. The van der Waals surface area contributed by atoms with E-state index in [0.717, 1.165) is 24.8 Å². The number of nitrogens with zero attached hydrogens (tertiary/aromatic N) is 3. The molecule has 0 aliphatic carbocycles. The molecule has 22 heavy (non-hydrogen) atoms. The molecular formula is C16H23N5O. The topological polar surface area (TPSA) is 85.8 Å². The van der Waals surface area contributed by atoms with Crippen LogP contribution in [0.2, 0.25) is 0 Å². The Bertz CT molecular complexity index is 668. The van der Waals surface area contributed by atoms with Gasteiger partial charge in [0, 0.05) is 30.1 Å². The second kappa shape index (κ2) is 7.59. The third kappa shape index (κ3) is 4.31. The van der Waals surface area contributed by atoms with E-state index in [4.69, 9.17) is 5.73 Å². The fourth-order valence-corrected chi connectivity index (χ4v) is 2.25. The van der Waals surface area contributed by atoms with Crippen molar-refractivity contribution in [2.75, 3.05) is 11.1 Å². The molecule has 0 saturated heterocycles. The van der Waals surface area contributed by atoms with E-state index in [2.05, 4.69) is 29.1 Å². The van der Waals surface area contributed by atoms with Gasteiger partial charge in [-0.05, 0) is 19.4 Å². The molecule has 0 radical (unpaired) electrons. The van der Waals surface area contributed by atoms with Crippen molar-refractivity contribution < 1.29 is 0 Å². The number of pyridine rings is 1. The summed E-state index contributed by atoms with van der Waals surface area (Å²) in [5, 5.41) is 3.38. The number of unbranched alkanes of at least 4 members (excludes halogenated alkanes) is 1. The third-order valence-electron chi connectivity index (χ3n) is 3.50. The molecule has 1 atom stereocenters. The smallest absolute Gasteiger partial charge is 0.250 e. The highest BCUT2D eigenvalue weighted by Gasteiger charge is 2.10. The first-order chi connectivity index (χ1) is 10.6. The van der Waals surface area contributed by atoms with E-state index in [-0.39, 0.29) is 11.5 Å². The first kappa shape index (κ1) is 16.0. The molecule has 118 valence electrons. The molecule has 0 aromatic carbocycles. The summed E-state index contributed by atoms with van der Waals surface area (Å²) in [7, 11) is 0. The zero-order valence-electron chi connectivity index (χ0n) is 13.1. The third-order valence-corrected chi connectivity index (χ3v) is 3.50. The SMILES string of the molecule is CCCCC(C)Nc1nc(N)ncc1Cn1ccccc1=O. The zero-order valence-corrected chi connectivity index (χ0v) is 13.1. The Balaban J connectivity index is 2.20. The molecule has 0 fully saturated rings. The van der Waals surface area contributed by atoms with Crippen LogP contribution in [0.5, 0.6) is 0 Å². The Hall–Kier alpha value is -2.37. The number of aromatic nitrogens is 3. The summed E-state index contributed by atoms with van der Waals surface area (Å²) < 4.78 is 1.62. The molecule has 6 heteroatoms. The van der Waals surface area contributed by atoms with Crippen molar-refractivity contribution in [1.82, 2.24) is 14.5 Å².